The number of hydrogen-bond acceptors (Lipinski definition) is 5. The minimum absolute atomic E-state index is 0.249. The van der Waals surface area contributed by atoms with Crippen LogP contribution in [0.15, 0.2) is 30.6 Å². The number of fused-ring (bicyclic) bond motifs is 2. The second kappa shape index (κ2) is 8.90. The van der Waals surface area contributed by atoms with Gasteiger partial charge in [-0.25, -0.2) is 9.97 Å². The summed E-state index contributed by atoms with van der Waals surface area (Å²) in [6.07, 6.45) is 8.63. The van der Waals surface area contributed by atoms with Crippen LogP contribution in [0.2, 0.25) is 0 Å². The van der Waals surface area contributed by atoms with E-state index < -0.39 is 0 Å². The number of anilines is 1. The minimum atomic E-state index is 0.249. The molecule has 1 N–H and O–H groups in total. The quantitative estimate of drug-likeness (QED) is 0.334. The Hall–Kier alpha value is -3.15. The average Bonchev–Trinajstić information content (AvgIpc) is 3.61. The molecule has 1 aromatic carbocycles. The van der Waals surface area contributed by atoms with E-state index in [1.165, 1.54) is 30.5 Å². The molecular formula is C28H35N5O. The molecule has 0 aliphatic heterocycles. The van der Waals surface area contributed by atoms with Gasteiger partial charge in [-0.1, -0.05) is 27.2 Å². The van der Waals surface area contributed by atoms with Gasteiger partial charge >= 0.3 is 0 Å². The van der Waals surface area contributed by atoms with Crippen molar-refractivity contribution < 1.29 is 5.11 Å². The van der Waals surface area contributed by atoms with Gasteiger partial charge < -0.3 is 10.0 Å². The maximum absolute atomic E-state index is 11.0. The Morgan fingerprint density at radius 1 is 1.21 bits per heavy atom. The Bertz CT molecular complexity index is 1350. The van der Waals surface area contributed by atoms with Gasteiger partial charge in [0.1, 0.15) is 5.75 Å². The van der Waals surface area contributed by atoms with Crippen molar-refractivity contribution in [3.63, 3.8) is 0 Å². The van der Waals surface area contributed by atoms with E-state index in [1.807, 2.05) is 32.4 Å². The number of aromatic nitrogens is 4. The van der Waals surface area contributed by atoms with E-state index in [-0.39, 0.29) is 5.75 Å². The molecule has 1 aliphatic rings. The van der Waals surface area contributed by atoms with Gasteiger partial charge in [0.2, 0.25) is 0 Å². The van der Waals surface area contributed by atoms with Crippen molar-refractivity contribution in [1.29, 1.82) is 0 Å². The highest BCUT2D eigenvalue weighted by Gasteiger charge is 2.28. The zero-order valence-corrected chi connectivity index (χ0v) is 21.0. The van der Waals surface area contributed by atoms with Crippen LogP contribution in [0.5, 0.6) is 5.75 Å². The predicted octanol–water partition coefficient (Wildman–Crippen LogP) is 6.34. The van der Waals surface area contributed by atoms with Gasteiger partial charge in [-0.3, -0.25) is 4.68 Å². The molecule has 0 spiro atoms. The molecule has 3 aromatic heterocycles. The summed E-state index contributed by atoms with van der Waals surface area (Å²) in [4.78, 5) is 12.2. The lowest BCUT2D eigenvalue weighted by Gasteiger charge is -2.27. The number of benzene rings is 1. The molecule has 6 nitrogen and oxygen atoms in total. The van der Waals surface area contributed by atoms with Crippen LogP contribution in [0.25, 0.3) is 33.2 Å². The van der Waals surface area contributed by atoms with Gasteiger partial charge in [0, 0.05) is 48.2 Å². The first kappa shape index (κ1) is 22.6. The molecule has 3 heterocycles. The summed E-state index contributed by atoms with van der Waals surface area (Å²) in [6, 6.07) is 6.47. The van der Waals surface area contributed by atoms with Crippen molar-refractivity contribution >= 4 is 27.6 Å². The van der Waals surface area contributed by atoms with Crippen molar-refractivity contribution in [1.82, 2.24) is 19.7 Å². The highest BCUT2D eigenvalue weighted by molar-refractivity contribution is 5.92. The number of aromatic hydroxyl groups is 1. The molecule has 6 heteroatoms. The maximum Gasteiger partial charge on any atom is 0.160 e. The molecule has 34 heavy (non-hydrogen) atoms. The highest BCUT2D eigenvalue weighted by Crippen LogP contribution is 2.45. The monoisotopic (exact) mass is 457 g/mol. The molecule has 4 aromatic rings. The van der Waals surface area contributed by atoms with Gasteiger partial charge in [0.15, 0.2) is 5.65 Å². The molecule has 5 rings (SSSR count). The zero-order valence-electron chi connectivity index (χ0n) is 21.0. The molecule has 0 amide bonds. The fourth-order valence-corrected chi connectivity index (χ4v) is 4.90. The third-order valence-corrected chi connectivity index (χ3v) is 7.19. The van der Waals surface area contributed by atoms with Crippen LogP contribution in [-0.2, 0) is 7.05 Å². The van der Waals surface area contributed by atoms with E-state index in [1.54, 1.807) is 4.68 Å². The van der Waals surface area contributed by atoms with Crippen LogP contribution in [0.4, 0.5) is 5.69 Å². The summed E-state index contributed by atoms with van der Waals surface area (Å²) < 4.78 is 1.79. The molecule has 0 unspecified atom stereocenters. The minimum Gasteiger partial charge on any atom is -0.507 e. The maximum atomic E-state index is 11.0. The van der Waals surface area contributed by atoms with E-state index in [2.05, 4.69) is 42.9 Å². The van der Waals surface area contributed by atoms with Gasteiger partial charge in [0.05, 0.1) is 23.1 Å². The first-order valence-electron chi connectivity index (χ1n) is 12.6. The summed E-state index contributed by atoms with van der Waals surface area (Å²) in [5, 5.41) is 17.7. The summed E-state index contributed by atoms with van der Waals surface area (Å²) in [5.41, 5.74) is 6.38. The predicted molar refractivity (Wildman–Crippen MR) is 140 cm³/mol. The van der Waals surface area contributed by atoms with E-state index >= 15 is 0 Å². The van der Waals surface area contributed by atoms with Crippen molar-refractivity contribution in [3.05, 3.63) is 41.7 Å². The van der Waals surface area contributed by atoms with Crippen molar-refractivity contribution in [3.8, 4) is 17.0 Å². The Kier molecular flexibility index (Phi) is 5.92. The lowest BCUT2D eigenvalue weighted by atomic mass is 9.99. The highest BCUT2D eigenvalue weighted by atomic mass is 16.3. The molecule has 1 atom stereocenters. The van der Waals surface area contributed by atoms with Gasteiger partial charge in [0.25, 0.3) is 0 Å². The number of phenols is 1. The Balaban J connectivity index is 1.63. The summed E-state index contributed by atoms with van der Waals surface area (Å²) in [6.45, 7) is 10.8. The molecule has 0 radical (unpaired) electrons. The van der Waals surface area contributed by atoms with Crippen molar-refractivity contribution in [2.24, 2.45) is 13.0 Å². The fraction of sp³-hybridized carbons (Fsp3) is 0.464. The van der Waals surface area contributed by atoms with E-state index in [4.69, 9.17) is 9.97 Å². The number of nitrogens with zero attached hydrogens (tertiary/aromatic N) is 5. The van der Waals surface area contributed by atoms with Crippen LogP contribution < -0.4 is 4.90 Å². The molecule has 0 saturated heterocycles. The smallest absolute Gasteiger partial charge is 0.160 e. The average molecular weight is 458 g/mol. The Labute approximate surface area is 201 Å². The second-order valence-electron chi connectivity index (χ2n) is 10.0. The third-order valence-electron chi connectivity index (χ3n) is 7.19. The Morgan fingerprint density at radius 3 is 2.71 bits per heavy atom. The second-order valence-corrected chi connectivity index (χ2v) is 10.0. The number of hydrogen-bond donors (Lipinski definition) is 1. The molecule has 1 aliphatic carbocycles. The van der Waals surface area contributed by atoms with E-state index in [0.29, 0.717) is 11.8 Å². The number of rotatable bonds is 8. The van der Waals surface area contributed by atoms with Gasteiger partial charge in [-0.05, 0) is 61.8 Å². The van der Waals surface area contributed by atoms with Crippen molar-refractivity contribution in [2.75, 3.05) is 18.0 Å². The molecule has 178 valence electrons. The van der Waals surface area contributed by atoms with Gasteiger partial charge in [-0.15, -0.1) is 0 Å². The van der Waals surface area contributed by atoms with E-state index in [0.717, 1.165) is 58.3 Å². The largest absolute Gasteiger partial charge is 0.507 e. The molecule has 1 saturated carbocycles. The Morgan fingerprint density at radius 2 is 2.00 bits per heavy atom. The lowest BCUT2D eigenvalue weighted by molar-refractivity contribution is 0.474. The van der Waals surface area contributed by atoms with Crippen LogP contribution in [0, 0.1) is 12.8 Å². The van der Waals surface area contributed by atoms with Crippen LogP contribution in [0.3, 0.4) is 0 Å². The fourth-order valence-electron chi connectivity index (χ4n) is 4.90. The molecule has 0 bridgehead atoms. The zero-order chi connectivity index (χ0) is 24.0. The number of phenolic OH excluding ortho intramolecular Hbond substituents is 1. The summed E-state index contributed by atoms with van der Waals surface area (Å²) >= 11 is 0. The SMILES string of the molecule is CCCN(C[C@H](C)CC)c1cnc2nc(-c3cc4cn(C)nc4c(C)c3O)cc(C3CC3)c2c1. The first-order valence-corrected chi connectivity index (χ1v) is 12.6. The molecular weight excluding hydrogens is 422 g/mol. The first-order chi connectivity index (χ1) is 16.4. The number of pyridine rings is 2. The topological polar surface area (TPSA) is 67.1 Å². The van der Waals surface area contributed by atoms with Gasteiger partial charge in [-0.2, -0.15) is 5.10 Å². The van der Waals surface area contributed by atoms with Crippen LogP contribution in [-0.4, -0.2) is 37.9 Å². The lowest BCUT2D eigenvalue weighted by Crippen LogP contribution is -2.29. The van der Waals surface area contributed by atoms with Crippen LogP contribution in [0.1, 0.15) is 63.5 Å². The normalized spacial score (nSPS) is 14.7. The standard InChI is InChI=1S/C28H35N5O/c1-6-10-33(15-17(3)7-2)21-12-23-22(19-8-9-19)13-25(30-28(23)29-14-21)24-11-20-16-32(5)31-26(20)18(4)27(24)34/h11-14,16-17,19,34H,6-10,15H2,1-5H3/t17-/m1/s1. The molecule has 1 fully saturated rings. The van der Waals surface area contributed by atoms with Crippen molar-refractivity contribution in [2.45, 2.75) is 59.3 Å². The third kappa shape index (κ3) is 4.10. The summed E-state index contributed by atoms with van der Waals surface area (Å²) in [7, 11) is 1.90. The van der Waals surface area contributed by atoms with Crippen LogP contribution >= 0.6 is 0 Å². The number of aryl methyl sites for hydroxylation is 2. The van der Waals surface area contributed by atoms with E-state index in [9.17, 15) is 5.11 Å². The summed E-state index contributed by atoms with van der Waals surface area (Å²) in [5.74, 6) is 1.43.